The lowest BCUT2D eigenvalue weighted by Crippen LogP contribution is -2.21. The Morgan fingerprint density at radius 3 is 2.80 bits per heavy atom. The maximum absolute atomic E-state index is 9.39. The van der Waals surface area contributed by atoms with Crippen LogP contribution in [0.25, 0.3) is 0 Å². The van der Waals surface area contributed by atoms with Crippen molar-refractivity contribution >= 4 is 23.2 Å². The highest BCUT2D eigenvalue weighted by Gasteiger charge is 2.06. The number of benzene rings is 1. The third kappa shape index (κ3) is 4.26. The van der Waals surface area contributed by atoms with Gasteiger partial charge in [-0.2, -0.15) is 0 Å². The van der Waals surface area contributed by atoms with Crippen molar-refractivity contribution < 1.29 is 9.84 Å². The van der Waals surface area contributed by atoms with Crippen LogP contribution in [0.4, 0.5) is 0 Å². The molecule has 3 N–H and O–H groups in total. The number of aliphatic hydroxyl groups is 1. The summed E-state index contributed by atoms with van der Waals surface area (Å²) in [7, 11) is 0. The van der Waals surface area contributed by atoms with Crippen LogP contribution in [-0.2, 0) is 0 Å². The molecule has 1 atom stereocenters. The second-order valence-corrected chi connectivity index (χ2v) is 3.96. The van der Waals surface area contributed by atoms with Crippen LogP contribution in [0.3, 0.4) is 0 Å². The first-order valence-electron chi connectivity index (χ1n) is 4.59. The lowest BCUT2D eigenvalue weighted by atomic mass is 10.3. The summed E-state index contributed by atoms with van der Waals surface area (Å²) in [6, 6.07) is 4.93. The second-order valence-electron chi connectivity index (χ2n) is 3.12. The fourth-order valence-corrected chi connectivity index (χ4v) is 1.38. The van der Waals surface area contributed by atoms with Crippen molar-refractivity contribution in [2.45, 2.75) is 12.5 Å². The van der Waals surface area contributed by atoms with E-state index in [2.05, 4.69) is 0 Å². The van der Waals surface area contributed by atoms with Gasteiger partial charge in [0, 0.05) is 11.1 Å². The smallest absolute Gasteiger partial charge is 0.139 e. The molecule has 3 nitrogen and oxygen atoms in total. The highest BCUT2D eigenvalue weighted by atomic mass is 35.5. The maximum Gasteiger partial charge on any atom is 0.139 e. The zero-order valence-electron chi connectivity index (χ0n) is 8.12. The van der Waals surface area contributed by atoms with E-state index in [1.54, 1.807) is 18.2 Å². The quantitative estimate of drug-likeness (QED) is 0.841. The van der Waals surface area contributed by atoms with Crippen molar-refractivity contribution in [2.24, 2.45) is 5.73 Å². The lowest BCUT2D eigenvalue weighted by Gasteiger charge is -2.12. The van der Waals surface area contributed by atoms with Crippen molar-refractivity contribution in [1.82, 2.24) is 0 Å². The van der Waals surface area contributed by atoms with Gasteiger partial charge in [0.1, 0.15) is 12.4 Å². The topological polar surface area (TPSA) is 55.5 Å². The van der Waals surface area contributed by atoms with Gasteiger partial charge in [-0.1, -0.05) is 23.2 Å². The van der Waals surface area contributed by atoms with Gasteiger partial charge in [-0.15, -0.1) is 0 Å². The molecule has 0 aliphatic heterocycles. The Hall–Kier alpha value is -0.480. The summed E-state index contributed by atoms with van der Waals surface area (Å²) in [4.78, 5) is 0. The normalized spacial score (nSPS) is 12.5. The fraction of sp³-hybridized carbons (Fsp3) is 0.400. The third-order valence-corrected chi connectivity index (χ3v) is 2.37. The molecule has 0 saturated carbocycles. The van der Waals surface area contributed by atoms with Crippen LogP contribution in [0.5, 0.6) is 5.75 Å². The Kier molecular flexibility index (Phi) is 5.19. The summed E-state index contributed by atoms with van der Waals surface area (Å²) in [6.45, 7) is 0.588. The van der Waals surface area contributed by atoms with Crippen molar-refractivity contribution in [2.75, 3.05) is 13.2 Å². The number of ether oxygens (including phenoxy) is 1. The van der Waals surface area contributed by atoms with Gasteiger partial charge >= 0.3 is 0 Å². The van der Waals surface area contributed by atoms with E-state index in [-0.39, 0.29) is 6.61 Å². The molecule has 0 fully saturated rings. The molecule has 0 aliphatic carbocycles. The van der Waals surface area contributed by atoms with Gasteiger partial charge in [-0.25, -0.2) is 0 Å². The summed E-state index contributed by atoms with van der Waals surface area (Å²) in [5.41, 5.74) is 5.29. The molecule has 15 heavy (non-hydrogen) atoms. The zero-order valence-corrected chi connectivity index (χ0v) is 9.63. The van der Waals surface area contributed by atoms with Crippen molar-refractivity contribution in [3.05, 3.63) is 28.2 Å². The van der Waals surface area contributed by atoms with E-state index in [0.717, 1.165) is 0 Å². The van der Waals surface area contributed by atoms with Gasteiger partial charge in [0.2, 0.25) is 0 Å². The van der Waals surface area contributed by atoms with Crippen LogP contribution < -0.4 is 10.5 Å². The third-order valence-electron chi connectivity index (χ3n) is 1.82. The van der Waals surface area contributed by atoms with Gasteiger partial charge < -0.3 is 15.6 Å². The zero-order chi connectivity index (χ0) is 11.3. The van der Waals surface area contributed by atoms with Crippen LogP contribution in [0.1, 0.15) is 6.42 Å². The number of hydrogen-bond donors (Lipinski definition) is 2. The molecule has 0 aromatic heterocycles. The molecule has 1 unspecified atom stereocenters. The van der Waals surface area contributed by atoms with Crippen LogP contribution in [0.2, 0.25) is 10.0 Å². The number of halogens is 2. The molecule has 0 saturated heterocycles. The number of nitrogens with two attached hydrogens (primary N) is 1. The summed E-state index contributed by atoms with van der Waals surface area (Å²) in [5, 5.41) is 10.4. The van der Waals surface area contributed by atoms with Gasteiger partial charge in [-0.3, -0.25) is 0 Å². The number of aliphatic hydroxyl groups excluding tert-OH is 1. The SMILES string of the molecule is NCCC(O)COc1cc(Cl)ccc1Cl. The predicted octanol–water partition coefficient (Wildman–Crippen LogP) is 2.08. The van der Waals surface area contributed by atoms with Crippen LogP contribution in [-0.4, -0.2) is 24.4 Å². The van der Waals surface area contributed by atoms with E-state index in [9.17, 15) is 5.11 Å². The molecule has 0 radical (unpaired) electrons. The fourth-order valence-electron chi connectivity index (χ4n) is 1.05. The van der Waals surface area contributed by atoms with Crippen LogP contribution in [0, 0.1) is 0 Å². The molecule has 0 bridgehead atoms. The molecule has 0 heterocycles. The van der Waals surface area contributed by atoms with E-state index in [1.165, 1.54) is 0 Å². The molecule has 0 aliphatic rings. The van der Waals surface area contributed by atoms with Crippen molar-refractivity contribution in [1.29, 1.82) is 0 Å². The van der Waals surface area contributed by atoms with Crippen molar-refractivity contribution in [3.8, 4) is 5.75 Å². The Morgan fingerprint density at radius 2 is 2.13 bits per heavy atom. The minimum atomic E-state index is -0.579. The highest BCUT2D eigenvalue weighted by Crippen LogP contribution is 2.27. The molecular formula is C10H13Cl2NO2. The Bertz CT molecular complexity index is 320. The molecule has 1 rings (SSSR count). The summed E-state index contributed by atoms with van der Waals surface area (Å²) < 4.78 is 5.31. The standard InChI is InChI=1S/C10H13Cl2NO2/c11-7-1-2-9(12)10(5-7)15-6-8(14)3-4-13/h1-2,5,8,14H,3-4,6,13H2. The molecule has 1 aromatic rings. The average Bonchev–Trinajstić information content (AvgIpc) is 2.20. The molecule has 0 spiro atoms. The van der Waals surface area contributed by atoms with E-state index in [1.807, 2.05) is 0 Å². The summed E-state index contributed by atoms with van der Waals surface area (Å²) in [5.74, 6) is 0.472. The van der Waals surface area contributed by atoms with E-state index in [4.69, 9.17) is 33.7 Å². The summed E-state index contributed by atoms with van der Waals surface area (Å²) >= 11 is 11.6. The van der Waals surface area contributed by atoms with Crippen molar-refractivity contribution in [3.63, 3.8) is 0 Å². The Morgan fingerprint density at radius 1 is 1.40 bits per heavy atom. The largest absolute Gasteiger partial charge is 0.489 e. The van der Waals surface area contributed by atoms with Crippen LogP contribution >= 0.6 is 23.2 Å². The predicted molar refractivity (Wildman–Crippen MR) is 61.6 cm³/mol. The molecule has 5 heteroatoms. The Labute approximate surface area is 98.7 Å². The molecular weight excluding hydrogens is 237 g/mol. The molecule has 1 aromatic carbocycles. The molecule has 0 amide bonds. The van der Waals surface area contributed by atoms with Gasteiger partial charge in [0.25, 0.3) is 0 Å². The Balaban J connectivity index is 2.53. The minimum absolute atomic E-state index is 0.164. The number of hydrogen-bond acceptors (Lipinski definition) is 3. The average molecular weight is 250 g/mol. The first kappa shape index (κ1) is 12.6. The van der Waals surface area contributed by atoms with Gasteiger partial charge in [0.05, 0.1) is 11.1 Å². The minimum Gasteiger partial charge on any atom is -0.489 e. The van der Waals surface area contributed by atoms with Crippen LogP contribution in [0.15, 0.2) is 18.2 Å². The first-order valence-corrected chi connectivity index (χ1v) is 5.35. The summed E-state index contributed by atoms with van der Waals surface area (Å²) in [6.07, 6.45) is -0.0805. The lowest BCUT2D eigenvalue weighted by molar-refractivity contribution is 0.102. The van der Waals surface area contributed by atoms with E-state index in [0.29, 0.717) is 28.8 Å². The maximum atomic E-state index is 9.39. The van der Waals surface area contributed by atoms with E-state index < -0.39 is 6.10 Å². The van der Waals surface area contributed by atoms with E-state index >= 15 is 0 Å². The number of rotatable bonds is 5. The second kappa shape index (κ2) is 6.18. The first-order chi connectivity index (χ1) is 7.13. The molecule has 84 valence electrons. The van der Waals surface area contributed by atoms with Gasteiger partial charge in [-0.05, 0) is 25.1 Å². The highest BCUT2D eigenvalue weighted by molar-refractivity contribution is 6.34. The van der Waals surface area contributed by atoms with Gasteiger partial charge in [0.15, 0.2) is 0 Å². The monoisotopic (exact) mass is 249 g/mol.